The van der Waals surface area contributed by atoms with Gasteiger partial charge in [0.2, 0.25) is 0 Å². The molecule has 0 fully saturated rings. The van der Waals surface area contributed by atoms with Gasteiger partial charge in [0.1, 0.15) is 18.5 Å². The van der Waals surface area contributed by atoms with Crippen LogP contribution in [-0.4, -0.2) is 27.0 Å². The van der Waals surface area contributed by atoms with Crippen LogP contribution in [-0.2, 0) is 13.6 Å². The normalized spacial score (nSPS) is 12.5. The van der Waals surface area contributed by atoms with Crippen LogP contribution in [0.15, 0.2) is 53.3 Å². The van der Waals surface area contributed by atoms with Crippen molar-refractivity contribution in [1.82, 2.24) is 9.13 Å². The van der Waals surface area contributed by atoms with E-state index in [2.05, 4.69) is 0 Å². The van der Waals surface area contributed by atoms with Gasteiger partial charge in [-0.3, -0.25) is 9.13 Å². The summed E-state index contributed by atoms with van der Waals surface area (Å²) in [6.45, 7) is 0.269. The van der Waals surface area contributed by atoms with Gasteiger partial charge in [-0.2, -0.15) is 0 Å². The number of aliphatic hydroxyl groups is 1. The third-order valence-corrected chi connectivity index (χ3v) is 3.95. The van der Waals surface area contributed by atoms with E-state index >= 15 is 0 Å². The molecule has 0 aliphatic carbocycles. The van der Waals surface area contributed by atoms with Crippen LogP contribution in [0.4, 0.5) is 0 Å². The summed E-state index contributed by atoms with van der Waals surface area (Å²) in [7, 11) is 1.72. The lowest BCUT2D eigenvalue weighted by Gasteiger charge is -2.13. The Labute approximate surface area is 138 Å². The Kier molecular flexibility index (Phi) is 4.41. The number of benzene rings is 2. The lowest BCUT2D eigenvalue weighted by Crippen LogP contribution is -2.30. The summed E-state index contributed by atoms with van der Waals surface area (Å²) >= 11 is 5.81. The van der Waals surface area contributed by atoms with Gasteiger partial charge in [0.05, 0.1) is 17.6 Å². The number of para-hydroxylation sites is 2. The highest BCUT2D eigenvalue weighted by molar-refractivity contribution is 6.30. The first kappa shape index (κ1) is 15.6. The average Bonchev–Trinajstić information content (AvgIpc) is 2.80. The largest absolute Gasteiger partial charge is 0.491 e. The molecule has 0 unspecified atom stereocenters. The van der Waals surface area contributed by atoms with Crippen LogP contribution >= 0.6 is 11.6 Å². The standard InChI is InChI=1S/C17H17ClN2O3/c1-19-15-4-2-3-5-16(15)20(17(19)22)10-13(21)11-23-14-8-6-12(18)7-9-14/h2-9,13,21H,10-11H2,1H3/t13-/m1/s1. The molecule has 5 nitrogen and oxygen atoms in total. The van der Waals surface area contributed by atoms with Crippen LogP contribution < -0.4 is 10.4 Å². The summed E-state index contributed by atoms with van der Waals surface area (Å²) in [5, 5.41) is 10.8. The monoisotopic (exact) mass is 332 g/mol. The number of fused-ring (bicyclic) bond motifs is 1. The molecule has 1 aromatic heterocycles. The van der Waals surface area contributed by atoms with Gasteiger partial charge in [0, 0.05) is 12.1 Å². The molecule has 1 heterocycles. The average molecular weight is 333 g/mol. The maximum Gasteiger partial charge on any atom is 0.328 e. The van der Waals surface area contributed by atoms with Gasteiger partial charge < -0.3 is 9.84 Å². The van der Waals surface area contributed by atoms with Crippen LogP contribution in [0.3, 0.4) is 0 Å². The molecule has 23 heavy (non-hydrogen) atoms. The zero-order chi connectivity index (χ0) is 16.4. The van der Waals surface area contributed by atoms with Gasteiger partial charge in [-0.25, -0.2) is 4.79 Å². The van der Waals surface area contributed by atoms with E-state index in [9.17, 15) is 9.90 Å². The van der Waals surface area contributed by atoms with Crippen molar-refractivity contribution in [3.8, 4) is 5.75 Å². The summed E-state index contributed by atoms with van der Waals surface area (Å²) in [6.07, 6.45) is -0.797. The Bertz CT molecular complexity index is 868. The first-order chi connectivity index (χ1) is 11.1. The van der Waals surface area contributed by atoms with Gasteiger partial charge in [0.15, 0.2) is 0 Å². The van der Waals surface area contributed by atoms with E-state index < -0.39 is 6.10 Å². The van der Waals surface area contributed by atoms with E-state index in [1.807, 2.05) is 24.3 Å². The van der Waals surface area contributed by atoms with Crippen LogP contribution in [0.5, 0.6) is 5.75 Å². The molecular weight excluding hydrogens is 316 g/mol. The molecule has 0 bridgehead atoms. The number of halogens is 1. The second-order valence-electron chi connectivity index (χ2n) is 5.36. The minimum atomic E-state index is -0.797. The number of hydrogen-bond acceptors (Lipinski definition) is 3. The Hall–Kier alpha value is -2.24. The van der Waals surface area contributed by atoms with Crippen molar-refractivity contribution in [2.45, 2.75) is 12.6 Å². The van der Waals surface area contributed by atoms with E-state index in [0.29, 0.717) is 10.8 Å². The highest BCUT2D eigenvalue weighted by Gasteiger charge is 2.14. The fourth-order valence-electron chi connectivity index (χ4n) is 2.53. The van der Waals surface area contributed by atoms with E-state index in [0.717, 1.165) is 11.0 Å². The molecule has 0 aliphatic rings. The van der Waals surface area contributed by atoms with E-state index in [1.54, 1.807) is 40.4 Å². The smallest absolute Gasteiger partial charge is 0.328 e. The third kappa shape index (κ3) is 3.25. The lowest BCUT2D eigenvalue weighted by molar-refractivity contribution is 0.0925. The van der Waals surface area contributed by atoms with Crippen molar-refractivity contribution in [2.75, 3.05) is 6.61 Å². The van der Waals surface area contributed by atoms with E-state index in [4.69, 9.17) is 16.3 Å². The van der Waals surface area contributed by atoms with Crippen molar-refractivity contribution in [2.24, 2.45) is 7.05 Å². The summed E-state index contributed by atoms with van der Waals surface area (Å²) in [6, 6.07) is 14.4. The molecule has 6 heteroatoms. The topological polar surface area (TPSA) is 56.4 Å². The van der Waals surface area contributed by atoms with Crippen LogP contribution in [0.1, 0.15) is 0 Å². The quantitative estimate of drug-likeness (QED) is 0.780. The van der Waals surface area contributed by atoms with Crippen LogP contribution in [0.25, 0.3) is 11.0 Å². The van der Waals surface area contributed by atoms with Crippen molar-refractivity contribution >= 4 is 22.6 Å². The second kappa shape index (κ2) is 6.48. The third-order valence-electron chi connectivity index (χ3n) is 3.70. The summed E-state index contributed by atoms with van der Waals surface area (Å²) in [5.41, 5.74) is 1.48. The highest BCUT2D eigenvalue weighted by atomic mass is 35.5. The number of imidazole rings is 1. The minimum Gasteiger partial charge on any atom is -0.491 e. The summed E-state index contributed by atoms with van der Waals surface area (Å²) < 4.78 is 8.66. The number of ether oxygens (including phenoxy) is 1. The Morgan fingerprint density at radius 2 is 1.78 bits per heavy atom. The predicted octanol–water partition coefficient (Wildman–Crippen LogP) is 2.43. The molecule has 0 aliphatic heterocycles. The molecule has 0 saturated carbocycles. The minimum absolute atomic E-state index is 0.0945. The molecule has 2 aromatic carbocycles. The fraction of sp³-hybridized carbons (Fsp3) is 0.235. The number of rotatable bonds is 5. The molecular formula is C17H17ClN2O3. The summed E-state index contributed by atoms with van der Waals surface area (Å²) in [5.74, 6) is 0.624. The summed E-state index contributed by atoms with van der Waals surface area (Å²) in [4.78, 5) is 12.3. The molecule has 120 valence electrons. The van der Waals surface area contributed by atoms with Crippen molar-refractivity contribution in [1.29, 1.82) is 0 Å². The number of nitrogens with zero attached hydrogens (tertiary/aromatic N) is 2. The number of aryl methyl sites for hydroxylation is 1. The lowest BCUT2D eigenvalue weighted by atomic mass is 10.3. The zero-order valence-corrected chi connectivity index (χ0v) is 13.4. The highest BCUT2D eigenvalue weighted by Crippen LogP contribution is 2.16. The number of aromatic nitrogens is 2. The molecule has 0 amide bonds. The maximum atomic E-state index is 12.3. The van der Waals surface area contributed by atoms with E-state index in [1.165, 1.54) is 0 Å². The number of hydrogen-bond donors (Lipinski definition) is 1. The molecule has 0 saturated heterocycles. The first-order valence-corrected chi connectivity index (χ1v) is 7.65. The Balaban J connectivity index is 1.73. The Morgan fingerprint density at radius 1 is 1.13 bits per heavy atom. The SMILES string of the molecule is Cn1c(=O)n(C[C@@H](O)COc2ccc(Cl)cc2)c2ccccc21. The van der Waals surface area contributed by atoms with Gasteiger partial charge in [-0.05, 0) is 36.4 Å². The molecule has 3 rings (SSSR count). The second-order valence-corrected chi connectivity index (χ2v) is 5.80. The predicted molar refractivity (Wildman–Crippen MR) is 90.1 cm³/mol. The Morgan fingerprint density at radius 3 is 2.48 bits per heavy atom. The molecule has 0 radical (unpaired) electrons. The maximum absolute atomic E-state index is 12.3. The van der Waals surface area contributed by atoms with Gasteiger partial charge in [0.25, 0.3) is 0 Å². The van der Waals surface area contributed by atoms with Crippen LogP contribution in [0.2, 0.25) is 5.02 Å². The molecule has 1 atom stereocenters. The van der Waals surface area contributed by atoms with Gasteiger partial charge in [-0.15, -0.1) is 0 Å². The first-order valence-electron chi connectivity index (χ1n) is 7.27. The molecule has 0 spiro atoms. The molecule has 3 aromatic rings. The molecule has 1 N–H and O–H groups in total. The van der Waals surface area contributed by atoms with Crippen molar-refractivity contribution in [3.05, 3.63) is 64.0 Å². The number of aliphatic hydroxyl groups excluding tert-OH is 1. The zero-order valence-electron chi connectivity index (χ0n) is 12.6. The van der Waals surface area contributed by atoms with Crippen molar-refractivity contribution in [3.63, 3.8) is 0 Å². The van der Waals surface area contributed by atoms with Gasteiger partial charge in [-0.1, -0.05) is 23.7 Å². The van der Waals surface area contributed by atoms with Gasteiger partial charge >= 0.3 is 5.69 Å². The van der Waals surface area contributed by atoms with E-state index in [-0.39, 0.29) is 18.8 Å². The van der Waals surface area contributed by atoms with Crippen molar-refractivity contribution < 1.29 is 9.84 Å². The fourth-order valence-corrected chi connectivity index (χ4v) is 2.65. The van der Waals surface area contributed by atoms with Crippen LogP contribution in [0, 0.1) is 0 Å².